The van der Waals surface area contributed by atoms with Crippen molar-refractivity contribution < 1.29 is 4.39 Å². The second kappa shape index (κ2) is 5.57. The van der Waals surface area contributed by atoms with Gasteiger partial charge in [-0.15, -0.1) is 0 Å². The van der Waals surface area contributed by atoms with E-state index in [1.807, 2.05) is 0 Å². The van der Waals surface area contributed by atoms with E-state index in [9.17, 15) is 4.39 Å². The van der Waals surface area contributed by atoms with Crippen LogP contribution < -0.4 is 0 Å². The molecule has 0 aliphatic rings. The van der Waals surface area contributed by atoms with Crippen LogP contribution in [0.3, 0.4) is 0 Å². The van der Waals surface area contributed by atoms with E-state index in [-0.39, 0.29) is 5.03 Å². The van der Waals surface area contributed by atoms with Crippen LogP contribution in [-0.2, 0) is 0 Å². The van der Waals surface area contributed by atoms with E-state index in [4.69, 9.17) is 23.2 Å². The lowest BCUT2D eigenvalue weighted by Crippen LogP contribution is -1.87. The Kier molecular flexibility index (Phi) is 4.31. The molecule has 2 rings (SSSR count). The van der Waals surface area contributed by atoms with Gasteiger partial charge in [-0.1, -0.05) is 35.0 Å². The molecule has 1 aromatic carbocycles. The molecule has 2 aromatic rings. The normalized spacial score (nSPS) is 10.6. The van der Waals surface area contributed by atoms with Crippen molar-refractivity contribution in [2.24, 2.45) is 0 Å². The molecule has 1 heterocycles. The Hall–Kier alpha value is -0.290. The van der Waals surface area contributed by atoms with Crippen LogP contribution in [0.2, 0.25) is 10.0 Å². The highest BCUT2D eigenvalue weighted by Crippen LogP contribution is 2.35. The molecule has 0 aliphatic carbocycles. The number of rotatable bonds is 2. The molecule has 1 aromatic heterocycles. The maximum Gasteiger partial charge on any atom is 0.156 e. The summed E-state index contributed by atoms with van der Waals surface area (Å²) in [7, 11) is 0. The summed E-state index contributed by atoms with van der Waals surface area (Å²) in [5.74, 6) is -0.402. The van der Waals surface area contributed by atoms with Gasteiger partial charge in [0.1, 0.15) is 5.03 Å². The van der Waals surface area contributed by atoms with Gasteiger partial charge in [0.05, 0.1) is 5.02 Å². The van der Waals surface area contributed by atoms with Crippen LogP contribution in [0.15, 0.2) is 44.9 Å². The van der Waals surface area contributed by atoms with Crippen molar-refractivity contribution in [3.8, 4) is 0 Å². The molecule has 88 valence electrons. The van der Waals surface area contributed by atoms with Gasteiger partial charge in [0.2, 0.25) is 0 Å². The third-order valence-corrected chi connectivity index (χ3v) is 4.04. The number of halogens is 4. The number of benzene rings is 1. The zero-order valence-electron chi connectivity index (χ0n) is 8.25. The molecular formula is C11H5BrCl2FNS. The van der Waals surface area contributed by atoms with Crippen LogP contribution in [0.5, 0.6) is 0 Å². The fourth-order valence-electron chi connectivity index (χ4n) is 1.14. The average molecular weight is 353 g/mol. The number of hydrogen-bond acceptors (Lipinski definition) is 2. The van der Waals surface area contributed by atoms with Gasteiger partial charge < -0.3 is 0 Å². The van der Waals surface area contributed by atoms with Gasteiger partial charge in [-0.25, -0.2) is 9.37 Å². The van der Waals surface area contributed by atoms with Gasteiger partial charge in [0, 0.05) is 20.6 Å². The van der Waals surface area contributed by atoms with Gasteiger partial charge in [0.15, 0.2) is 5.82 Å². The number of nitrogens with zero attached hydrogens (tertiary/aromatic N) is 1. The molecular weight excluding hydrogens is 348 g/mol. The standard InChI is InChI=1S/C11H5BrCl2FNS/c12-6-3-9(15)11(16-5-6)17-10-4-7(13)1-2-8(10)14/h1-5H. The molecule has 0 saturated carbocycles. The average Bonchev–Trinajstić information content (AvgIpc) is 2.27. The Morgan fingerprint density at radius 3 is 2.71 bits per heavy atom. The minimum absolute atomic E-state index is 0.261. The topological polar surface area (TPSA) is 12.9 Å². The molecule has 0 saturated heterocycles. The SMILES string of the molecule is Fc1cc(Br)cnc1Sc1cc(Cl)ccc1Cl. The van der Waals surface area contributed by atoms with Crippen LogP contribution in [-0.4, -0.2) is 4.98 Å². The summed E-state index contributed by atoms with van der Waals surface area (Å²) in [6, 6.07) is 6.38. The maximum absolute atomic E-state index is 13.6. The van der Waals surface area contributed by atoms with Gasteiger partial charge >= 0.3 is 0 Å². The predicted octanol–water partition coefficient (Wildman–Crippen LogP) is 5.44. The van der Waals surface area contributed by atoms with Gasteiger partial charge in [-0.3, -0.25) is 0 Å². The largest absolute Gasteiger partial charge is 0.245 e. The quantitative estimate of drug-likeness (QED) is 0.713. The first-order valence-corrected chi connectivity index (χ1v) is 6.87. The summed E-state index contributed by atoms with van der Waals surface area (Å²) < 4.78 is 14.2. The summed E-state index contributed by atoms with van der Waals surface area (Å²) in [4.78, 5) is 4.66. The number of hydrogen-bond donors (Lipinski definition) is 0. The van der Waals surface area contributed by atoms with Crippen LogP contribution in [0.1, 0.15) is 0 Å². The fraction of sp³-hybridized carbons (Fsp3) is 0. The van der Waals surface area contributed by atoms with Crippen molar-refractivity contribution in [3.05, 3.63) is 50.8 Å². The Bertz CT molecular complexity index is 565. The second-order valence-electron chi connectivity index (χ2n) is 3.12. The molecule has 0 fully saturated rings. The summed E-state index contributed by atoms with van der Waals surface area (Å²) in [6.07, 6.45) is 1.53. The Balaban J connectivity index is 2.34. The summed E-state index contributed by atoms with van der Waals surface area (Å²) in [6.45, 7) is 0. The lowest BCUT2D eigenvalue weighted by molar-refractivity contribution is 0.586. The van der Waals surface area contributed by atoms with E-state index in [0.717, 1.165) is 11.8 Å². The van der Waals surface area contributed by atoms with Crippen molar-refractivity contribution in [2.45, 2.75) is 9.92 Å². The van der Waals surface area contributed by atoms with Crippen molar-refractivity contribution in [2.75, 3.05) is 0 Å². The van der Waals surface area contributed by atoms with Crippen LogP contribution in [0.4, 0.5) is 4.39 Å². The van der Waals surface area contributed by atoms with Crippen molar-refractivity contribution in [1.82, 2.24) is 4.98 Å². The molecule has 0 radical (unpaired) electrons. The summed E-state index contributed by atoms with van der Waals surface area (Å²) in [5, 5.41) is 1.33. The lowest BCUT2D eigenvalue weighted by Gasteiger charge is -2.05. The third kappa shape index (κ3) is 3.35. The predicted molar refractivity (Wildman–Crippen MR) is 72.5 cm³/mol. The van der Waals surface area contributed by atoms with E-state index in [2.05, 4.69) is 20.9 Å². The first kappa shape index (κ1) is 13.1. The van der Waals surface area contributed by atoms with E-state index in [1.165, 1.54) is 12.3 Å². The van der Waals surface area contributed by atoms with Gasteiger partial charge in [-0.05, 0) is 40.2 Å². The van der Waals surface area contributed by atoms with Crippen LogP contribution >= 0.6 is 50.9 Å². The highest BCUT2D eigenvalue weighted by atomic mass is 79.9. The van der Waals surface area contributed by atoms with Crippen LogP contribution in [0.25, 0.3) is 0 Å². The highest BCUT2D eigenvalue weighted by Gasteiger charge is 2.09. The van der Waals surface area contributed by atoms with Crippen molar-refractivity contribution in [3.63, 3.8) is 0 Å². The minimum Gasteiger partial charge on any atom is -0.245 e. The third-order valence-electron chi connectivity index (χ3n) is 1.87. The molecule has 0 amide bonds. The Morgan fingerprint density at radius 1 is 1.24 bits per heavy atom. The zero-order valence-corrected chi connectivity index (χ0v) is 12.2. The minimum atomic E-state index is -0.402. The van der Waals surface area contributed by atoms with Gasteiger partial charge in [0.25, 0.3) is 0 Å². The van der Waals surface area contributed by atoms with E-state index >= 15 is 0 Å². The molecule has 17 heavy (non-hydrogen) atoms. The maximum atomic E-state index is 13.6. The molecule has 0 bridgehead atoms. The first-order valence-electron chi connectivity index (χ1n) is 4.50. The molecule has 0 atom stereocenters. The van der Waals surface area contributed by atoms with Crippen molar-refractivity contribution >= 4 is 50.9 Å². The highest BCUT2D eigenvalue weighted by molar-refractivity contribution is 9.10. The molecule has 0 N–H and O–H groups in total. The molecule has 0 unspecified atom stereocenters. The molecule has 1 nitrogen and oxygen atoms in total. The zero-order chi connectivity index (χ0) is 12.4. The summed E-state index contributed by atoms with van der Waals surface area (Å²) in [5.41, 5.74) is 0. The number of pyridine rings is 1. The summed E-state index contributed by atoms with van der Waals surface area (Å²) >= 11 is 16.1. The lowest BCUT2D eigenvalue weighted by atomic mass is 10.4. The van der Waals surface area contributed by atoms with Crippen LogP contribution in [0, 0.1) is 5.82 Å². The second-order valence-corrected chi connectivity index (χ2v) is 5.91. The van der Waals surface area contributed by atoms with E-state index < -0.39 is 5.82 Å². The van der Waals surface area contributed by atoms with Crippen molar-refractivity contribution in [1.29, 1.82) is 0 Å². The van der Waals surface area contributed by atoms with Gasteiger partial charge in [-0.2, -0.15) is 0 Å². The molecule has 0 aliphatic heterocycles. The Morgan fingerprint density at radius 2 is 2.00 bits per heavy atom. The smallest absolute Gasteiger partial charge is 0.156 e. The Labute approximate surface area is 120 Å². The number of aromatic nitrogens is 1. The first-order chi connectivity index (χ1) is 8.06. The monoisotopic (exact) mass is 351 g/mol. The molecule has 6 heteroatoms. The molecule has 0 spiro atoms. The fourth-order valence-corrected chi connectivity index (χ4v) is 2.73. The van der Waals surface area contributed by atoms with E-state index in [0.29, 0.717) is 19.4 Å². The van der Waals surface area contributed by atoms with E-state index in [1.54, 1.807) is 18.2 Å².